The molecule has 7 heteroatoms. The van der Waals surface area contributed by atoms with Crippen molar-refractivity contribution in [3.05, 3.63) is 48.4 Å². The first-order valence-electron chi connectivity index (χ1n) is 7.27. The van der Waals surface area contributed by atoms with E-state index >= 15 is 0 Å². The minimum Gasteiger partial charge on any atom is -0.496 e. The molecule has 0 aliphatic heterocycles. The molecular formula is C16H16N6O. The van der Waals surface area contributed by atoms with Gasteiger partial charge in [0.25, 0.3) is 0 Å². The van der Waals surface area contributed by atoms with Crippen LogP contribution < -0.4 is 4.74 Å². The summed E-state index contributed by atoms with van der Waals surface area (Å²) in [4.78, 5) is 7.92. The van der Waals surface area contributed by atoms with Gasteiger partial charge in [-0.3, -0.25) is 4.68 Å². The molecule has 3 heterocycles. The van der Waals surface area contributed by atoms with E-state index in [1.54, 1.807) is 24.2 Å². The average Bonchev–Trinajstić information content (AvgIpc) is 3.27. The van der Waals surface area contributed by atoms with Gasteiger partial charge in [0, 0.05) is 30.6 Å². The minimum atomic E-state index is 0.645. The normalized spacial score (nSPS) is 11.2. The number of ether oxygens (including phenoxy) is 1. The quantitative estimate of drug-likeness (QED) is 0.627. The molecule has 0 bridgehead atoms. The Hall–Kier alpha value is -3.09. The fraction of sp³-hybridized carbons (Fsp3) is 0.188. The molecule has 7 nitrogen and oxygen atoms in total. The van der Waals surface area contributed by atoms with E-state index in [1.807, 2.05) is 36.1 Å². The number of nitrogens with one attached hydrogen (secondary N) is 1. The van der Waals surface area contributed by atoms with Crippen molar-refractivity contribution in [2.45, 2.75) is 6.54 Å². The monoisotopic (exact) mass is 308 g/mol. The molecule has 4 rings (SSSR count). The number of fused-ring (bicyclic) bond motifs is 1. The molecule has 0 aliphatic rings. The summed E-state index contributed by atoms with van der Waals surface area (Å²) < 4.78 is 9.08. The highest BCUT2D eigenvalue weighted by molar-refractivity contribution is 5.76. The number of rotatable bonds is 4. The highest BCUT2D eigenvalue weighted by Crippen LogP contribution is 2.27. The lowest BCUT2D eigenvalue weighted by Gasteiger charge is -2.10. The van der Waals surface area contributed by atoms with Crippen molar-refractivity contribution in [3.63, 3.8) is 0 Å². The molecule has 23 heavy (non-hydrogen) atoms. The standard InChI is InChI=1S/C16H16N6O/c1-21-16-13(9-18-21)19-15(20-16)11-4-5-14(23-2)12(8-11)10-22-7-3-6-17-22/h3-9H,10H2,1-2H3,(H,19,20). The molecular weight excluding hydrogens is 292 g/mol. The third-order valence-corrected chi connectivity index (χ3v) is 3.82. The number of hydrogen-bond donors (Lipinski definition) is 1. The number of H-pyrrole nitrogens is 1. The summed E-state index contributed by atoms with van der Waals surface area (Å²) >= 11 is 0. The molecule has 0 saturated carbocycles. The Morgan fingerprint density at radius 2 is 2.17 bits per heavy atom. The Morgan fingerprint density at radius 1 is 1.26 bits per heavy atom. The van der Waals surface area contributed by atoms with Gasteiger partial charge in [0.05, 0.1) is 19.9 Å². The van der Waals surface area contributed by atoms with Crippen molar-refractivity contribution in [2.24, 2.45) is 7.05 Å². The van der Waals surface area contributed by atoms with Crippen molar-refractivity contribution >= 4 is 11.2 Å². The first kappa shape index (κ1) is 13.6. The van der Waals surface area contributed by atoms with Crippen LogP contribution in [0, 0.1) is 0 Å². The Kier molecular flexibility index (Phi) is 3.11. The second-order valence-corrected chi connectivity index (χ2v) is 5.32. The maximum Gasteiger partial charge on any atom is 0.176 e. The number of hydrogen-bond acceptors (Lipinski definition) is 4. The van der Waals surface area contributed by atoms with Gasteiger partial charge in [-0.1, -0.05) is 0 Å². The molecule has 116 valence electrons. The van der Waals surface area contributed by atoms with Gasteiger partial charge in [-0.25, -0.2) is 9.67 Å². The molecule has 3 aromatic heterocycles. The SMILES string of the molecule is COc1ccc(-c2nc3c(cnn3C)[nH]2)cc1Cn1cccn1. The van der Waals surface area contributed by atoms with Crippen LogP contribution in [-0.4, -0.2) is 36.6 Å². The van der Waals surface area contributed by atoms with E-state index < -0.39 is 0 Å². The van der Waals surface area contributed by atoms with Gasteiger partial charge < -0.3 is 9.72 Å². The zero-order valence-corrected chi connectivity index (χ0v) is 12.9. The van der Waals surface area contributed by atoms with Crippen LogP contribution in [0.3, 0.4) is 0 Å². The number of benzene rings is 1. The number of nitrogens with zero attached hydrogens (tertiary/aromatic N) is 5. The second-order valence-electron chi connectivity index (χ2n) is 5.32. The molecule has 4 aromatic rings. The summed E-state index contributed by atoms with van der Waals surface area (Å²) in [5, 5.41) is 8.43. The smallest absolute Gasteiger partial charge is 0.176 e. The summed E-state index contributed by atoms with van der Waals surface area (Å²) in [6.07, 6.45) is 5.47. The number of aryl methyl sites for hydroxylation is 1. The van der Waals surface area contributed by atoms with Crippen LogP contribution in [0.1, 0.15) is 5.56 Å². The maximum absolute atomic E-state index is 5.46. The van der Waals surface area contributed by atoms with E-state index in [0.717, 1.165) is 33.9 Å². The van der Waals surface area contributed by atoms with E-state index in [2.05, 4.69) is 26.2 Å². The van der Waals surface area contributed by atoms with Gasteiger partial charge in [0.15, 0.2) is 5.65 Å². The van der Waals surface area contributed by atoms with Crippen molar-refractivity contribution < 1.29 is 4.74 Å². The largest absolute Gasteiger partial charge is 0.496 e. The summed E-state index contributed by atoms with van der Waals surface area (Å²) in [5.74, 6) is 1.65. The van der Waals surface area contributed by atoms with Crippen LogP contribution in [0.25, 0.3) is 22.6 Å². The Balaban J connectivity index is 1.76. The van der Waals surface area contributed by atoms with E-state index in [-0.39, 0.29) is 0 Å². The lowest BCUT2D eigenvalue weighted by Crippen LogP contribution is -2.02. The van der Waals surface area contributed by atoms with Gasteiger partial charge >= 0.3 is 0 Å². The lowest BCUT2D eigenvalue weighted by molar-refractivity contribution is 0.407. The van der Waals surface area contributed by atoms with Gasteiger partial charge in [-0.2, -0.15) is 10.2 Å². The number of imidazole rings is 1. The lowest BCUT2D eigenvalue weighted by atomic mass is 10.1. The summed E-state index contributed by atoms with van der Waals surface area (Å²) in [7, 11) is 3.55. The van der Waals surface area contributed by atoms with Crippen molar-refractivity contribution in [3.8, 4) is 17.1 Å². The molecule has 0 amide bonds. The second kappa shape index (κ2) is 5.28. The van der Waals surface area contributed by atoms with Crippen molar-refractivity contribution in [1.82, 2.24) is 29.5 Å². The molecule has 0 atom stereocenters. The van der Waals surface area contributed by atoms with Gasteiger partial charge in [0.1, 0.15) is 17.1 Å². The van der Waals surface area contributed by atoms with Crippen molar-refractivity contribution in [1.29, 1.82) is 0 Å². The number of methoxy groups -OCH3 is 1. The van der Waals surface area contributed by atoms with Gasteiger partial charge in [-0.05, 0) is 24.3 Å². The fourth-order valence-corrected chi connectivity index (χ4v) is 2.67. The Morgan fingerprint density at radius 3 is 2.91 bits per heavy atom. The maximum atomic E-state index is 5.46. The Labute approximate surface area is 132 Å². The summed E-state index contributed by atoms with van der Waals surface area (Å²) in [5.41, 5.74) is 3.81. The number of aromatic nitrogens is 6. The Bertz CT molecular complexity index is 950. The van der Waals surface area contributed by atoms with E-state index in [0.29, 0.717) is 6.54 Å². The fourth-order valence-electron chi connectivity index (χ4n) is 2.67. The molecule has 0 aliphatic carbocycles. The molecule has 1 aromatic carbocycles. The van der Waals surface area contributed by atoms with Crippen LogP contribution in [-0.2, 0) is 13.6 Å². The average molecular weight is 308 g/mol. The van der Waals surface area contributed by atoms with Crippen LogP contribution in [0.4, 0.5) is 0 Å². The van der Waals surface area contributed by atoms with E-state index in [4.69, 9.17) is 4.74 Å². The topological polar surface area (TPSA) is 73.6 Å². The van der Waals surface area contributed by atoms with Gasteiger partial charge in [0.2, 0.25) is 0 Å². The molecule has 0 radical (unpaired) electrons. The summed E-state index contributed by atoms with van der Waals surface area (Å²) in [6.45, 7) is 0.645. The molecule has 0 saturated heterocycles. The molecule has 0 unspecified atom stereocenters. The first-order chi connectivity index (χ1) is 11.2. The molecule has 1 N–H and O–H groups in total. The third-order valence-electron chi connectivity index (χ3n) is 3.82. The zero-order valence-electron chi connectivity index (χ0n) is 12.9. The minimum absolute atomic E-state index is 0.645. The predicted octanol–water partition coefficient (Wildman–Crippen LogP) is 2.22. The highest BCUT2D eigenvalue weighted by Gasteiger charge is 2.12. The van der Waals surface area contributed by atoms with Crippen molar-refractivity contribution in [2.75, 3.05) is 7.11 Å². The van der Waals surface area contributed by atoms with Crippen LogP contribution >= 0.6 is 0 Å². The van der Waals surface area contributed by atoms with E-state index in [9.17, 15) is 0 Å². The predicted molar refractivity (Wildman–Crippen MR) is 86.2 cm³/mol. The van der Waals surface area contributed by atoms with Crippen LogP contribution in [0.5, 0.6) is 5.75 Å². The molecule has 0 fully saturated rings. The van der Waals surface area contributed by atoms with Crippen LogP contribution in [0.15, 0.2) is 42.9 Å². The molecule has 0 spiro atoms. The highest BCUT2D eigenvalue weighted by atomic mass is 16.5. The third kappa shape index (κ3) is 2.36. The van der Waals surface area contributed by atoms with E-state index in [1.165, 1.54) is 0 Å². The summed E-state index contributed by atoms with van der Waals surface area (Å²) in [6, 6.07) is 7.93. The number of aromatic amines is 1. The zero-order chi connectivity index (χ0) is 15.8. The van der Waals surface area contributed by atoms with Crippen LogP contribution in [0.2, 0.25) is 0 Å². The van der Waals surface area contributed by atoms with Gasteiger partial charge in [-0.15, -0.1) is 0 Å². The first-order valence-corrected chi connectivity index (χ1v) is 7.27.